The van der Waals surface area contributed by atoms with Gasteiger partial charge < -0.3 is 9.64 Å². The Morgan fingerprint density at radius 3 is 2.75 bits per heavy atom. The molecule has 3 nitrogen and oxygen atoms in total. The van der Waals surface area contributed by atoms with Crippen LogP contribution in [0.15, 0.2) is 36.9 Å². The van der Waals surface area contributed by atoms with Crippen LogP contribution >= 0.6 is 0 Å². The van der Waals surface area contributed by atoms with Crippen molar-refractivity contribution in [2.45, 2.75) is 26.2 Å². The Kier molecular flexibility index (Phi) is 4.48. The number of amides is 1. The van der Waals surface area contributed by atoms with E-state index >= 15 is 0 Å². The lowest BCUT2D eigenvalue weighted by atomic mass is 9.79. The third kappa shape index (κ3) is 3.21. The summed E-state index contributed by atoms with van der Waals surface area (Å²) in [5.74, 6) is 0.888. The van der Waals surface area contributed by atoms with Crippen molar-refractivity contribution < 1.29 is 9.53 Å². The fourth-order valence-corrected chi connectivity index (χ4v) is 2.92. The Balaban J connectivity index is 2.09. The lowest BCUT2D eigenvalue weighted by Gasteiger charge is -2.40. The first-order valence-corrected chi connectivity index (χ1v) is 7.12. The quantitative estimate of drug-likeness (QED) is 0.786. The third-order valence-electron chi connectivity index (χ3n) is 4.04. The first kappa shape index (κ1) is 14.6. The number of carbonyl (C=O) groups is 1. The van der Waals surface area contributed by atoms with Gasteiger partial charge in [0.05, 0.1) is 7.11 Å². The molecule has 0 aromatic heterocycles. The topological polar surface area (TPSA) is 29.5 Å². The summed E-state index contributed by atoms with van der Waals surface area (Å²) < 4.78 is 5.12. The summed E-state index contributed by atoms with van der Waals surface area (Å²) in [6.07, 6.45) is 5.14. The van der Waals surface area contributed by atoms with Crippen LogP contribution in [0.3, 0.4) is 0 Å². The molecule has 0 aliphatic carbocycles. The fraction of sp³-hybridized carbons (Fsp3) is 0.471. The molecule has 1 aromatic carbocycles. The molecule has 1 aromatic rings. The van der Waals surface area contributed by atoms with Crippen LogP contribution < -0.4 is 4.74 Å². The maximum Gasteiger partial charge on any atom is 0.253 e. The summed E-state index contributed by atoms with van der Waals surface area (Å²) in [4.78, 5) is 14.5. The van der Waals surface area contributed by atoms with Gasteiger partial charge in [0, 0.05) is 18.7 Å². The highest BCUT2D eigenvalue weighted by atomic mass is 16.5. The number of ether oxygens (including phenoxy) is 1. The zero-order valence-electron chi connectivity index (χ0n) is 12.4. The van der Waals surface area contributed by atoms with Crippen LogP contribution in [0.5, 0.6) is 5.75 Å². The molecule has 3 heteroatoms. The standard InChI is InChI=1S/C17H23NO2/c1-4-10-17(2)11-5-12-18(13-17)16(19)14-6-8-15(20-3)9-7-14/h4,6-9H,1,5,10-13H2,2-3H3/t17-/m1/s1. The van der Waals surface area contributed by atoms with Crippen LogP contribution in [0.1, 0.15) is 36.5 Å². The molecule has 1 heterocycles. The van der Waals surface area contributed by atoms with E-state index < -0.39 is 0 Å². The van der Waals surface area contributed by atoms with E-state index in [-0.39, 0.29) is 11.3 Å². The monoisotopic (exact) mass is 273 g/mol. The molecule has 0 unspecified atom stereocenters. The molecule has 0 bridgehead atoms. The first-order valence-electron chi connectivity index (χ1n) is 7.12. The van der Waals surface area contributed by atoms with E-state index in [0.717, 1.165) is 43.7 Å². The SMILES string of the molecule is C=CC[C@]1(C)CCCN(C(=O)c2ccc(OC)cc2)C1. The third-order valence-corrected chi connectivity index (χ3v) is 4.04. The van der Waals surface area contributed by atoms with Gasteiger partial charge in [-0.25, -0.2) is 0 Å². The fourth-order valence-electron chi connectivity index (χ4n) is 2.92. The average molecular weight is 273 g/mol. The van der Waals surface area contributed by atoms with Crippen LogP contribution in [0.25, 0.3) is 0 Å². The van der Waals surface area contributed by atoms with Crippen molar-refractivity contribution in [1.29, 1.82) is 0 Å². The maximum absolute atomic E-state index is 12.6. The summed E-state index contributed by atoms with van der Waals surface area (Å²) >= 11 is 0. The number of nitrogens with zero attached hydrogens (tertiary/aromatic N) is 1. The molecule has 1 aliphatic rings. The van der Waals surface area contributed by atoms with Crippen molar-refractivity contribution in [2.24, 2.45) is 5.41 Å². The highest BCUT2D eigenvalue weighted by molar-refractivity contribution is 5.94. The van der Waals surface area contributed by atoms with E-state index in [9.17, 15) is 4.79 Å². The summed E-state index contributed by atoms with van der Waals surface area (Å²) in [5, 5.41) is 0. The van der Waals surface area contributed by atoms with Crippen molar-refractivity contribution in [3.8, 4) is 5.75 Å². The number of hydrogen-bond acceptors (Lipinski definition) is 2. The van der Waals surface area contributed by atoms with E-state index in [1.165, 1.54) is 0 Å². The van der Waals surface area contributed by atoms with Gasteiger partial charge in [0.15, 0.2) is 0 Å². The predicted molar refractivity (Wildman–Crippen MR) is 81.1 cm³/mol. The van der Waals surface area contributed by atoms with Gasteiger partial charge in [-0.1, -0.05) is 13.0 Å². The number of carbonyl (C=O) groups excluding carboxylic acids is 1. The molecule has 1 aliphatic heterocycles. The Morgan fingerprint density at radius 2 is 2.15 bits per heavy atom. The van der Waals surface area contributed by atoms with Gasteiger partial charge in [-0.2, -0.15) is 0 Å². The number of hydrogen-bond donors (Lipinski definition) is 0. The molecule has 1 atom stereocenters. The minimum Gasteiger partial charge on any atom is -0.497 e. The molecule has 0 radical (unpaired) electrons. The number of piperidine rings is 1. The van der Waals surface area contributed by atoms with Gasteiger partial charge in [0.2, 0.25) is 0 Å². The van der Waals surface area contributed by atoms with Crippen LogP contribution in [-0.4, -0.2) is 31.0 Å². The second kappa shape index (κ2) is 6.12. The number of rotatable bonds is 4. The number of benzene rings is 1. The maximum atomic E-state index is 12.6. The van der Waals surface area contributed by atoms with E-state index in [4.69, 9.17) is 4.74 Å². The van der Waals surface area contributed by atoms with Crippen molar-refractivity contribution >= 4 is 5.91 Å². The Morgan fingerprint density at radius 1 is 1.45 bits per heavy atom. The van der Waals surface area contributed by atoms with E-state index in [1.807, 2.05) is 35.2 Å². The molecule has 108 valence electrons. The van der Waals surface area contributed by atoms with Crippen molar-refractivity contribution in [3.63, 3.8) is 0 Å². The van der Waals surface area contributed by atoms with Gasteiger partial charge in [0.1, 0.15) is 5.75 Å². The predicted octanol–water partition coefficient (Wildman–Crippen LogP) is 3.51. The van der Waals surface area contributed by atoms with Gasteiger partial charge in [-0.05, 0) is 48.9 Å². The molecule has 0 saturated carbocycles. The highest BCUT2D eigenvalue weighted by Crippen LogP contribution is 2.33. The Bertz CT molecular complexity index is 480. The van der Waals surface area contributed by atoms with E-state index in [2.05, 4.69) is 13.5 Å². The van der Waals surface area contributed by atoms with E-state index in [1.54, 1.807) is 7.11 Å². The van der Waals surface area contributed by atoms with Crippen LogP contribution in [-0.2, 0) is 0 Å². The molecule has 0 spiro atoms. The van der Waals surface area contributed by atoms with Crippen molar-refractivity contribution in [3.05, 3.63) is 42.5 Å². The second-order valence-corrected chi connectivity index (χ2v) is 5.86. The molecular formula is C17H23NO2. The number of methoxy groups -OCH3 is 1. The zero-order chi connectivity index (χ0) is 14.6. The largest absolute Gasteiger partial charge is 0.497 e. The summed E-state index contributed by atoms with van der Waals surface area (Å²) in [6, 6.07) is 7.33. The number of allylic oxidation sites excluding steroid dienone is 1. The normalized spacial score (nSPS) is 22.4. The van der Waals surface area contributed by atoms with Gasteiger partial charge in [-0.15, -0.1) is 6.58 Å². The van der Waals surface area contributed by atoms with Crippen LogP contribution in [0, 0.1) is 5.41 Å². The van der Waals surface area contributed by atoms with Crippen LogP contribution in [0.4, 0.5) is 0 Å². The molecule has 20 heavy (non-hydrogen) atoms. The highest BCUT2D eigenvalue weighted by Gasteiger charge is 2.32. The Labute approximate surface area is 121 Å². The minimum absolute atomic E-state index is 0.114. The molecule has 1 amide bonds. The summed E-state index contributed by atoms with van der Waals surface area (Å²) in [7, 11) is 1.63. The summed E-state index contributed by atoms with van der Waals surface area (Å²) in [5.41, 5.74) is 0.899. The first-order chi connectivity index (χ1) is 9.58. The molecule has 0 N–H and O–H groups in total. The molecular weight excluding hydrogens is 250 g/mol. The van der Waals surface area contributed by atoms with Crippen LogP contribution in [0.2, 0.25) is 0 Å². The Hall–Kier alpha value is -1.77. The van der Waals surface area contributed by atoms with E-state index in [0.29, 0.717) is 0 Å². The number of likely N-dealkylation sites (tertiary alicyclic amines) is 1. The smallest absolute Gasteiger partial charge is 0.253 e. The van der Waals surface area contributed by atoms with Gasteiger partial charge in [-0.3, -0.25) is 4.79 Å². The lowest BCUT2D eigenvalue weighted by molar-refractivity contribution is 0.0556. The molecule has 2 rings (SSSR count). The van der Waals surface area contributed by atoms with Gasteiger partial charge in [0.25, 0.3) is 5.91 Å². The van der Waals surface area contributed by atoms with Crippen molar-refractivity contribution in [2.75, 3.05) is 20.2 Å². The molecule has 1 fully saturated rings. The average Bonchev–Trinajstić information content (AvgIpc) is 2.46. The van der Waals surface area contributed by atoms with Gasteiger partial charge >= 0.3 is 0 Å². The zero-order valence-corrected chi connectivity index (χ0v) is 12.4. The molecule has 1 saturated heterocycles. The minimum atomic E-state index is 0.114. The van der Waals surface area contributed by atoms with Crippen molar-refractivity contribution in [1.82, 2.24) is 4.90 Å². The second-order valence-electron chi connectivity index (χ2n) is 5.86. The lowest BCUT2D eigenvalue weighted by Crippen LogP contribution is -2.44. The summed E-state index contributed by atoms with van der Waals surface area (Å²) in [6.45, 7) is 7.72.